The molecule has 1 heterocycles. The number of hydrogen-bond donors (Lipinski definition) is 0. The molecule has 0 spiro atoms. The van der Waals surface area contributed by atoms with Crippen molar-refractivity contribution >= 4 is 98.3 Å². The van der Waals surface area contributed by atoms with Gasteiger partial charge in [-0.15, -0.1) is 11.3 Å². The van der Waals surface area contributed by atoms with Gasteiger partial charge in [0.2, 0.25) is 12.7 Å². The Morgan fingerprint density at radius 1 is 0.929 bits per heavy atom. The van der Waals surface area contributed by atoms with E-state index in [0.717, 1.165) is 16.9 Å². The van der Waals surface area contributed by atoms with E-state index in [4.69, 9.17) is 79.1 Å². The predicted octanol–water partition coefficient (Wildman–Crippen LogP) is 6.63. The maximum Gasteiger partial charge on any atom is 0.426 e. The molecule has 2 rings (SSSR count). The van der Waals surface area contributed by atoms with Gasteiger partial charge in [0.05, 0.1) is 5.69 Å². The Bertz CT molecular complexity index is 792. The largest absolute Gasteiger partial charge is 0.444 e. The highest BCUT2D eigenvalue weighted by Gasteiger charge is 2.34. The fourth-order valence-corrected chi connectivity index (χ4v) is 2.89. The van der Waals surface area contributed by atoms with Crippen LogP contribution in [0.1, 0.15) is 0 Å². The molecule has 0 atom stereocenters. The van der Waals surface area contributed by atoms with E-state index in [1.807, 2.05) is 30.3 Å². The molecule has 0 fully saturated rings. The van der Waals surface area contributed by atoms with Gasteiger partial charge in [-0.2, -0.15) is 4.90 Å². The Labute approximate surface area is 194 Å². The summed E-state index contributed by atoms with van der Waals surface area (Å²) in [6.45, 7) is -1.22. The maximum atomic E-state index is 12.4. The predicted molar refractivity (Wildman–Crippen MR) is 113 cm³/mol. The van der Waals surface area contributed by atoms with Crippen LogP contribution < -0.4 is 4.90 Å². The van der Waals surface area contributed by atoms with Crippen LogP contribution in [0.4, 0.5) is 14.7 Å². The van der Waals surface area contributed by atoms with Gasteiger partial charge in [-0.25, -0.2) is 14.6 Å². The first-order chi connectivity index (χ1) is 13.0. The van der Waals surface area contributed by atoms with Crippen molar-refractivity contribution in [3.8, 4) is 11.3 Å². The monoisotopic (exact) mass is 524 g/mol. The molecule has 2 aromatic rings. The molecular formula is C15H10Cl6N2O4S. The van der Waals surface area contributed by atoms with E-state index in [2.05, 4.69) is 4.98 Å². The van der Waals surface area contributed by atoms with Crippen LogP contribution in [0.15, 0.2) is 35.7 Å². The molecular weight excluding hydrogens is 517 g/mol. The van der Waals surface area contributed by atoms with Gasteiger partial charge in [-0.05, 0) is 0 Å². The van der Waals surface area contributed by atoms with E-state index in [9.17, 15) is 9.59 Å². The third kappa shape index (κ3) is 7.63. The lowest BCUT2D eigenvalue weighted by molar-refractivity contribution is 0.136. The van der Waals surface area contributed by atoms with Crippen LogP contribution in [0.3, 0.4) is 0 Å². The number of amides is 2. The van der Waals surface area contributed by atoms with Gasteiger partial charge in [0.15, 0.2) is 0 Å². The number of anilines is 1. The standard InChI is InChI=1S/C15H10Cl6N2O4S/c16-14(17,18)7-26-12(24)23(13(25)27-8-15(19,20)21)11-22-10(6-28-11)9-4-2-1-3-5-9/h1-6H,7-8H2. The van der Waals surface area contributed by atoms with E-state index >= 15 is 0 Å². The normalized spacial score (nSPS) is 11.8. The minimum absolute atomic E-state index is 0.0394. The molecule has 0 unspecified atom stereocenters. The van der Waals surface area contributed by atoms with E-state index in [1.165, 1.54) is 0 Å². The van der Waals surface area contributed by atoms with Crippen molar-refractivity contribution < 1.29 is 19.1 Å². The molecule has 152 valence electrons. The summed E-state index contributed by atoms with van der Waals surface area (Å²) in [6.07, 6.45) is -2.34. The number of carbonyl (C=O) groups excluding carboxylic acids is 2. The van der Waals surface area contributed by atoms with Crippen LogP contribution in [-0.2, 0) is 9.47 Å². The van der Waals surface area contributed by atoms with Crippen LogP contribution in [0.25, 0.3) is 11.3 Å². The number of nitrogens with zero attached hydrogens (tertiary/aromatic N) is 2. The number of hydrogen-bond acceptors (Lipinski definition) is 6. The molecule has 1 aromatic carbocycles. The molecule has 13 heteroatoms. The molecule has 0 aliphatic heterocycles. The first-order valence-corrected chi connectivity index (χ1v) is 10.4. The van der Waals surface area contributed by atoms with Crippen molar-refractivity contribution in [1.29, 1.82) is 0 Å². The number of halogens is 6. The summed E-state index contributed by atoms with van der Waals surface area (Å²) in [5.74, 6) is 0. The second kappa shape index (κ2) is 9.89. The van der Waals surface area contributed by atoms with Gasteiger partial charge in [0.25, 0.3) is 0 Å². The van der Waals surface area contributed by atoms with E-state index in [0.29, 0.717) is 10.6 Å². The highest BCUT2D eigenvalue weighted by atomic mass is 35.6. The number of benzene rings is 1. The van der Waals surface area contributed by atoms with Crippen molar-refractivity contribution in [2.24, 2.45) is 0 Å². The average Bonchev–Trinajstić information content (AvgIpc) is 3.07. The lowest BCUT2D eigenvalue weighted by atomic mass is 10.2. The first-order valence-electron chi connectivity index (χ1n) is 7.24. The number of rotatable bonds is 4. The van der Waals surface area contributed by atoms with Gasteiger partial charge in [0, 0.05) is 10.9 Å². The number of carbonyl (C=O) groups is 2. The summed E-state index contributed by atoms with van der Waals surface area (Å²) >= 11 is 34.4. The zero-order valence-electron chi connectivity index (χ0n) is 13.6. The zero-order valence-corrected chi connectivity index (χ0v) is 18.9. The van der Waals surface area contributed by atoms with Crippen molar-refractivity contribution in [3.63, 3.8) is 0 Å². The second-order valence-electron chi connectivity index (χ2n) is 5.06. The first kappa shape index (κ1) is 23.6. The zero-order chi connectivity index (χ0) is 20.9. The third-order valence-corrected chi connectivity index (χ3v) is 4.32. The quantitative estimate of drug-likeness (QED) is 0.418. The lowest BCUT2D eigenvalue weighted by Gasteiger charge is -2.20. The molecule has 0 N–H and O–H groups in total. The Morgan fingerprint density at radius 3 is 1.89 bits per heavy atom. The molecule has 0 saturated heterocycles. The van der Waals surface area contributed by atoms with E-state index in [-0.39, 0.29) is 5.13 Å². The Morgan fingerprint density at radius 2 is 1.43 bits per heavy atom. The Hall–Kier alpha value is -0.670. The maximum absolute atomic E-state index is 12.4. The molecule has 0 radical (unpaired) electrons. The van der Waals surface area contributed by atoms with Crippen LogP contribution >= 0.6 is 80.9 Å². The van der Waals surface area contributed by atoms with Crippen molar-refractivity contribution in [1.82, 2.24) is 4.98 Å². The summed E-state index contributed by atoms with van der Waals surface area (Å²) in [5, 5.41) is 1.60. The number of alkyl halides is 6. The number of imide groups is 1. The van der Waals surface area contributed by atoms with Gasteiger partial charge in [-0.1, -0.05) is 99.9 Å². The fraction of sp³-hybridized carbons (Fsp3) is 0.267. The van der Waals surface area contributed by atoms with Crippen LogP contribution in [-0.4, -0.2) is 38.0 Å². The summed E-state index contributed by atoms with van der Waals surface area (Å²) in [4.78, 5) is 29.6. The van der Waals surface area contributed by atoms with E-state index in [1.54, 1.807) is 5.38 Å². The number of ether oxygens (including phenoxy) is 2. The fourth-order valence-electron chi connectivity index (χ4n) is 1.76. The minimum Gasteiger partial charge on any atom is -0.444 e. The summed E-state index contributed by atoms with van der Waals surface area (Å²) in [5.41, 5.74) is 1.29. The number of thiazole rings is 1. The third-order valence-electron chi connectivity index (χ3n) is 2.84. The molecule has 0 aliphatic carbocycles. The Balaban J connectivity index is 2.26. The molecule has 0 aliphatic rings. The van der Waals surface area contributed by atoms with Crippen LogP contribution in [0.5, 0.6) is 0 Å². The topological polar surface area (TPSA) is 68.7 Å². The van der Waals surface area contributed by atoms with Crippen molar-refractivity contribution in [3.05, 3.63) is 35.7 Å². The summed E-state index contributed by atoms with van der Waals surface area (Å²) in [6, 6.07) is 9.09. The Kier molecular flexibility index (Phi) is 8.34. The number of aromatic nitrogens is 1. The summed E-state index contributed by atoms with van der Waals surface area (Å²) < 4.78 is 5.95. The molecule has 6 nitrogen and oxygen atoms in total. The molecule has 0 saturated carbocycles. The van der Waals surface area contributed by atoms with E-state index < -0.39 is 33.0 Å². The average molecular weight is 527 g/mol. The molecule has 28 heavy (non-hydrogen) atoms. The van der Waals surface area contributed by atoms with Gasteiger partial charge >= 0.3 is 12.2 Å². The molecule has 1 aromatic heterocycles. The van der Waals surface area contributed by atoms with Crippen molar-refractivity contribution in [2.45, 2.75) is 7.59 Å². The van der Waals surface area contributed by atoms with Gasteiger partial charge in [0.1, 0.15) is 13.2 Å². The SMILES string of the molecule is O=C(OCC(Cl)(Cl)Cl)N(C(=O)OCC(Cl)(Cl)Cl)c1nc(-c2ccccc2)cs1. The highest BCUT2D eigenvalue weighted by molar-refractivity contribution is 7.14. The second-order valence-corrected chi connectivity index (χ2v) is 10.9. The smallest absolute Gasteiger partial charge is 0.426 e. The van der Waals surface area contributed by atoms with Crippen LogP contribution in [0, 0.1) is 0 Å². The van der Waals surface area contributed by atoms with Crippen LogP contribution in [0.2, 0.25) is 0 Å². The minimum atomic E-state index is -1.87. The molecule has 2 amide bonds. The summed E-state index contributed by atoms with van der Waals surface area (Å²) in [7, 11) is 0. The lowest BCUT2D eigenvalue weighted by Crippen LogP contribution is -2.40. The van der Waals surface area contributed by atoms with Gasteiger partial charge in [-0.3, -0.25) is 0 Å². The highest BCUT2D eigenvalue weighted by Crippen LogP contribution is 2.31. The van der Waals surface area contributed by atoms with Gasteiger partial charge < -0.3 is 9.47 Å². The molecule has 0 bridgehead atoms. The van der Waals surface area contributed by atoms with Crippen molar-refractivity contribution in [2.75, 3.05) is 18.1 Å².